The van der Waals surface area contributed by atoms with E-state index in [-0.39, 0.29) is 0 Å². The molecule has 5 aromatic heterocycles. The highest BCUT2D eigenvalue weighted by Crippen LogP contribution is 2.48. The van der Waals surface area contributed by atoms with Crippen molar-refractivity contribution in [3.05, 3.63) is 176 Å². The summed E-state index contributed by atoms with van der Waals surface area (Å²) in [5.74, 6) is 1.59. The topological polar surface area (TPSA) is 40.0 Å². The zero-order valence-corrected chi connectivity index (χ0v) is 30.5. The van der Waals surface area contributed by atoms with Gasteiger partial charge in [0, 0.05) is 43.1 Å². The van der Waals surface area contributed by atoms with Crippen molar-refractivity contribution in [1.82, 2.24) is 23.5 Å². The Morgan fingerprint density at radius 1 is 0.298 bits per heavy atom. The van der Waals surface area contributed by atoms with Crippen LogP contribution in [0.1, 0.15) is 0 Å². The maximum atomic E-state index is 5.67. The van der Waals surface area contributed by atoms with Crippen molar-refractivity contribution in [2.45, 2.75) is 0 Å². The number of para-hydroxylation sites is 5. The lowest BCUT2D eigenvalue weighted by Gasteiger charge is -2.16. The summed E-state index contributed by atoms with van der Waals surface area (Å²) < 4.78 is 7.26. The molecule has 14 rings (SSSR count). The summed E-state index contributed by atoms with van der Waals surface area (Å²) in [5.41, 5.74) is 9.80. The van der Waals surface area contributed by atoms with Gasteiger partial charge in [-0.1, -0.05) is 127 Å². The predicted octanol–water partition coefficient (Wildman–Crippen LogP) is 13.3. The Labute approximate surface area is 324 Å². The Hall–Kier alpha value is -7.76. The Bertz CT molecular complexity index is 4050. The Balaban J connectivity index is 1.26. The second-order valence-corrected chi connectivity index (χ2v) is 15.3. The lowest BCUT2D eigenvalue weighted by Crippen LogP contribution is -2.09. The molecular weight excluding hydrogens is 695 g/mol. The molecule has 0 saturated carbocycles. The van der Waals surface area contributed by atoms with Crippen molar-refractivity contribution < 1.29 is 0 Å². The first-order valence-corrected chi connectivity index (χ1v) is 19.5. The minimum Gasteiger partial charge on any atom is -0.308 e. The third-order valence-corrected chi connectivity index (χ3v) is 12.5. The first-order chi connectivity index (χ1) is 28.3. The molecule has 0 unspecified atom stereocenters. The van der Waals surface area contributed by atoms with E-state index in [0.717, 1.165) is 44.7 Å². The van der Waals surface area contributed by atoms with E-state index in [1.165, 1.54) is 81.2 Å². The zero-order valence-electron chi connectivity index (χ0n) is 30.5. The van der Waals surface area contributed by atoms with E-state index in [1.807, 2.05) is 0 Å². The summed E-state index contributed by atoms with van der Waals surface area (Å²) >= 11 is 0. The molecule has 0 aliphatic carbocycles. The zero-order chi connectivity index (χ0) is 36.9. The summed E-state index contributed by atoms with van der Waals surface area (Å²) in [4.78, 5) is 11.3. The van der Waals surface area contributed by atoms with Crippen LogP contribution in [0.4, 0.5) is 0 Å². The van der Waals surface area contributed by atoms with Gasteiger partial charge in [0.1, 0.15) is 0 Å². The average Bonchev–Trinajstić information content (AvgIpc) is 4.00. The molecule has 0 bridgehead atoms. The highest BCUT2D eigenvalue weighted by atomic mass is 15.2. The third kappa shape index (κ3) is 3.64. The highest BCUT2D eigenvalue weighted by molar-refractivity contribution is 6.36. The number of nitrogens with zero attached hydrogens (tertiary/aromatic N) is 5. The molecule has 0 spiro atoms. The van der Waals surface area contributed by atoms with Gasteiger partial charge in [0.25, 0.3) is 0 Å². The van der Waals surface area contributed by atoms with E-state index in [0.29, 0.717) is 0 Å². The van der Waals surface area contributed by atoms with Crippen LogP contribution in [0.25, 0.3) is 126 Å². The summed E-state index contributed by atoms with van der Waals surface area (Å²) in [5, 5.41) is 14.7. The fourth-order valence-electron chi connectivity index (χ4n) is 10.2. The molecular formula is C52H29N5. The van der Waals surface area contributed by atoms with Gasteiger partial charge >= 0.3 is 0 Å². The fourth-order valence-corrected chi connectivity index (χ4v) is 10.2. The normalized spacial score (nSPS) is 12.6. The molecule has 9 aromatic carbocycles. The van der Waals surface area contributed by atoms with Crippen LogP contribution in [-0.4, -0.2) is 23.5 Å². The lowest BCUT2D eigenvalue weighted by molar-refractivity contribution is 0.998. The van der Waals surface area contributed by atoms with Crippen molar-refractivity contribution in [2.24, 2.45) is 0 Å². The van der Waals surface area contributed by atoms with Crippen LogP contribution in [-0.2, 0) is 0 Å². The van der Waals surface area contributed by atoms with Crippen LogP contribution in [0, 0.1) is 0 Å². The third-order valence-electron chi connectivity index (χ3n) is 12.5. The fraction of sp³-hybridized carbons (Fsp3) is 0. The summed E-state index contributed by atoms with van der Waals surface area (Å²) in [6.45, 7) is 0. The molecule has 5 heterocycles. The Morgan fingerprint density at radius 3 is 1.44 bits per heavy atom. The average molecular weight is 724 g/mol. The van der Waals surface area contributed by atoms with Crippen molar-refractivity contribution in [3.63, 3.8) is 0 Å². The molecule has 0 aliphatic heterocycles. The largest absolute Gasteiger partial charge is 0.308 e. The standard InChI is InChI=1S/C52H29N5/c1-3-15-32-30(13-1)25-27-44-46(32)35-18-6-12-24-43(35)56(44)51-52(54-40-21-9-8-20-39(40)53-51)57-45-28-26-31-14-2-4-16-33(31)47(45)38-29-37-34-17-5-10-22-41(34)55-42-23-11-7-19-36(42)48(49(37)55)50(38)57/h1-29H. The first-order valence-electron chi connectivity index (χ1n) is 19.5. The van der Waals surface area contributed by atoms with Crippen LogP contribution in [0.2, 0.25) is 0 Å². The molecule has 14 aromatic rings. The second kappa shape index (κ2) is 10.5. The summed E-state index contributed by atoms with van der Waals surface area (Å²) in [6, 6.07) is 63.7. The number of hydrogen-bond acceptors (Lipinski definition) is 2. The lowest BCUT2D eigenvalue weighted by atomic mass is 10.0. The predicted molar refractivity (Wildman–Crippen MR) is 238 cm³/mol. The molecule has 0 N–H and O–H groups in total. The number of fused-ring (bicyclic) bond motifs is 18. The van der Waals surface area contributed by atoms with Crippen molar-refractivity contribution in [2.75, 3.05) is 0 Å². The van der Waals surface area contributed by atoms with Gasteiger partial charge in [0.2, 0.25) is 0 Å². The van der Waals surface area contributed by atoms with Gasteiger partial charge < -0.3 is 4.40 Å². The Kier molecular flexibility index (Phi) is 5.45. The van der Waals surface area contributed by atoms with Crippen LogP contribution in [0.15, 0.2) is 176 Å². The molecule has 262 valence electrons. The van der Waals surface area contributed by atoms with E-state index >= 15 is 0 Å². The van der Waals surface area contributed by atoms with E-state index in [4.69, 9.17) is 9.97 Å². The van der Waals surface area contributed by atoms with Crippen LogP contribution < -0.4 is 0 Å². The molecule has 57 heavy (non-hydrogen) atoms. The maximum absolute atomic E-state index is 5.67. The van der Waals surface area contributed by atoms with Crippen molar-refractivity contribution >= 4 is 114 Å². The van der Waals surface area contributed by atoms with Crippen LogP contribution >= 0.6 is 0 Å². The second-order valence-electron chi connectivity index (χ2n) is 15.3. The number of hydrogen-bond donors (Lipinski definition) is 0. The van der Waals surface area contributed by atoms with Gasteiger partial charge in [0.15, 0.2) is 11.6 Å². The molecule has 0 fully saturated rings. The minimum absolute atomic E-state index is 0.793. The SMILES string of the molecule is c1ccc2c(c1)ccc1c2c2ccccc2n1-c1nc2ccccc2nc1-n1c2ccc3ccccc3c2c2cc3c4ccccc4n4c5ccccc5c(c21)c34. The van der Waals surface area contributed by atoms with E-state index in [2.05, 4.69) is 189 Å². The molecule has 0 saturated heterocycles. The van der Waals surface area contributed by atoms with Gasteiger partial charge in [-0.3, -0.25) is 9.13 Å². The van der Waals surface area contributed by atoms with Crippen molar-refractivity contribution in [3.8, 4) is 11.6 Å². The first kappa shape index (κ1) is 29.6. The number of rotatable bonds is 2. The molecule has 0 radical (unpaired) electrons. The molecule has 0 aliphatic rings. The maximum Gasteiger partial charge on any atom is 0.182 e. The van der Waals surface area contributed by atoms with Gasteiger partial charge in [-0.05, 0) is 70.1 Å². The van der Waals surface area contributed by atoms with E-state index in [9.17, 15) is 0 Å². The van der Waals surface area contributed by atoms with Crippen LogP contribution in [0.3, 0.4) is 0 Å². The van der Waals surface area contributed by atoms with Gasteiger partial charge in [0.05, 0.1) is 49.7 Å². The van der Waals surface area contributed by atoms with E-state index in [1.54, 1.807) is 0 Å². The molecule has 0 amide bonds. The summed E-state index contributed by atoms with van der Waals surface area (Å²) in [6.07, 6.45) is 0. The van der Waals surface area contributed by atoms with Gasteiger partial charge in [-0.2, -0.15) is 0 Å². The monoisotopic (exact) mass is 723 g/mol. The van der Waals surface area contributed by atoms with E-state index < -0.39 is 0 Å². The molecule has 0 atom stereocenters. The quantitative estimate of drug-likeness (QED) is 0.178. The smallest absolute Gasteiger partial charge is 0.182 e. The molecule has 5 nitrogen and oxygen atoms in total. The molecule has 5 heteroatoms. The summed E-state index contributed by atoms with van der Waals surface area (Å²) in [7, 11) is 0. The van der Waals surface area contributed by atoms with Crippen molar-refractivity contribution in [1.29, 1.82) is 0 Å². The van der Waals surface area contributed by atoms with Gasteiger partial charge in [-0.15, -0.1) is 0 Å². The van der Waals surface area contributed by atoms with Crippen LogP contribution in [0.5, 0.6) is 0 Å². The minimum atomic E-state index is 0.793. The number of aromatic nitrogens is 5. The Morgan fingerprint density at radius 2 is 0.772 bits per heavy atom. The highest BCUT2D eigenvalue weighted by Gasteiger charge is 2.28. The number of benzene rings is 9. The van der Waals surface area contributed by atoms with Gasteiger partial charge in [-0.25, -0.2) is 9.97 Å².